The van der Waals surface area contributed by atoms with Gasteiger partial charge in [0.2, 0.25) is 9.76 Å². The van der Waals surface area contributed by atoms with E-state index in [2.05, 4.69) is 6.92 Å². The summed E-state index contributed by atoms with van der Waals surface area (Å²) in [5, 5.41) is 0. The predicted octanol–water partition coefficient (Wildman–Crippen LogP) is 1.95. The van der Waals surface area contributed by atoms with Gasteiger partial charge in [-0.05, 0) is 13.0 Å². The highest BCUT2D eigenvalue weighted by molar-refractivity contribution is 6.27. The van der Waals surface area contributed by atoms with Crippen LogP contribution in [0, 0.1) is 0 Å². The summed E-state index contributed by atoms with van der Waals surface area (Å²) in [6.45, 7) is 3.95. The van der Waals surface area contributed by atoms with Gasteiger partial charge < -0.3 is 18.6 Å². The second-order valence-electron chi connectivity index (χ2n) is 3.00. The Bertz CT molecular complexity index is 190. The second kappa shape index (κ2) is 7.87. The van der Waals surface area contributed by atoms with E-state index in [1.807, 2.05) is 6.92 Å². The van der Waals surface area contributed by atoms with Crippen molar-refractivity contribution in [3.05, 3.63) is 11.8 Å². The molecule has 0 aliphatic heterocycles. The molecule has 0 aliphatic rings. The maximum atomic E-state index is 5.62. The number of hydrogen-bond donors (Lipinski definition) is 0. The highest BCUT2D eigenvalue weighted by atomic mass is 28.2. The molecule has 0 amide bonds. The molecular weight excluding hydrogens is 212 g/mol. The van der Waals surface area contributed by atoms with E-state index in [0.29, 0.717) is 9.76 Å². The minimum Gasteiger partial charge on any atom is -0.504 e. The Labute approximate surface area is 94.5 Å². The van der Waals surface area contributed by atoms with E-state index in [0.717, 1.165) is 18.0 Å². The molecule has 0 unspecified atom stereocenters. The topological polar surface area (TPSA) is 36.9 Å². The first-order valence-electron chi connectivity index (χ1n) is 4.88. The molecule has 0 bridgehead atoms. The van der Waals surface area contributed by atoms with Crippen LogP contribution in [-0.2, 0) is 18.6 Å². The maximum Gasteiger partial charge on any atom is 0.300 e. The van der Waals surface area contributed by atoms with Gasteiger partial charge >= 0.3 is 5.97 Å². The lowest BCUT2D eigenvalue weighted by Crippen LogP contribution is -2.39. The Morgan fingerprint density at radius 2 is 1.87 bits per heavy atom. The minimum absolute atomic E-state index is 0.348. The molecular formula is C10H20O4Si. The fourth-order valence-corrected chi connectivity index (χ4v) is 1.89. The Morgan fingerprint density at radius 3 is 2.27 bits per heavy atom. The summed E-state index contributed by atoms with van der Waals surface area (Å²) in [6.07, 6.45) is 2.64. The molecule has 15 heavy (non-hydrogen) atoms. The van der Waals surface area contributed by atoms with Crippen LogP contribution in [0.15, 0.2) is 11.8 Å². The normalized spacial score (nSPS) is 13.0. The SMILES string of the molecule is CCC[Si]OC(OC)(OC)/C(C)=C/OC. The molecule has 0 heterocycles. The van der Waals surface area contributed by atoms with Crippen molar-refractivity contribution in [2.75, 3.05) is 21.3 Å². The van der Waals surface area contributed by atoms with E-state index in [4.69, 9.17) is 18.6 Å². The molecule has 5 heteroatoms. The van der Waals surface area contributed by atoms with Crippen LogP contribution in [-0.4, -0.2) is 37.1 Å². The van der Waals surface area contributed by atoms with Crippen LogP contribution >= 0.6 is 0 Å². The summed E-state index contributed by atoms with van der Waals surface area (Å²) in [4.78, 5) is 0. The third-order valence-corrected chi connectivity index (χ3v) is 2.99. The molecule has 4 nitrogen and oxygen atoms in total. The third kappa shape index (κ3) is 4.34. The van der Waals surface area contributed by atoms with Crippen molar-refractivity contribution < 1.29 is 18.6 Å². The van der Waals surface area contributed by atoms with Crippen LogP contribution in [0.5, 0.6) is 0 Å². The van der Waals surface area contributed by atoms with E-state index in [-0.39, 0.29) is 0 Å². The molecule has 0 fully saturated rings. The van der Waals surface area contributed by atoms with E-state index in [9.17, 15) is 0 Å². The Morgan fingerprint density at radius 1 is 1.27 bits per heavy atom. The lowest BCUT2D eigenvalue weighted by molar-refractivity contribution is -0.297. The molecule has 0 aromatic carbocycles. The molecule has 0 saturated carbocycles. The first kappa shape index (κ1) is 14.6. The van der Waals surface area contributed by atoms with Crippen LogP contribution in [0.4, 0.5) is 0 Å². The van der Waals surface area contributed by atoms with Gasteiger partial charge in [0.15, 0.2) is 0 Å². The van der Waals surface area contributed by atoms with Crippen LogP contribution in [0.3, 0.4) is 0 Å². The van der Waals surface area contributed by atoms with Crippen molar-refractivity contribution in [1.29, 1.82) is 0 Å². The first-order chi connectivity index (χ1) is 7.16. The van der Waals surface area contributed by atoms with Crippen LogP contribution in [0.2, 0.25) is 6.04 Å². The van der Waals surface area contributed by atoms with E-state index >= 15 is 0 Å². The average molecular weight is 232 g/mol. The quantitative estimate of drug-likeness (QED) is 0.277. The largest absolute Gasteiger partial charge is 0.504 e. The van der Waals surface area contributed by atoms with Crippen LogP contribution in [0.1, 0.15) is 20.3 Å². The van der Waals surface area contributed by atoms with Crippen molar-refractivity contribution >= 4 is 9.76 Å². The summed E-state index contributed by atoms with van der Waals surface area (Å²) in [7, 11) is 5.02. The zero-order chi connectivity index (χ0) is 11.7. The van der Waals surface area contributed by atoms with Gasteiger partial charge in [0.25, 0.3) is 0 Å². The number of ether oxygens (including phenoxy) is 3. The average Bonchev–Trinajstić information content (AvgIpc) is 2.25. The summed E-state index contributed by atoms with van der Waals surface area (Å²) in [5.74, 6) is -1.11. The van der Waals surface area contributed by atoms with Crippen molar-refractivity contribution in [1.82, 2.24) is 0 Å². The first-order valence-corrected chi connectivity index (χ1v) is 5.99. The molecule has 0 saturated heterocycles. The van der Waals surface area contributed by atoms with Gasteiger partial charge in [0, 0.05) is 19.8 Å². The van der Waals surface area contributed by atoms with Gasteiger partial charge in [-0.15, -0.1) is 0 Å². The highest BCUT2D eigenvalue weighted by Gasteiger charge is 2.33. The standard InChI is InChI=1S/C10H20O4Si/c1-6-7-15-14-10(12-4,13-5)9(2)8-11-3/h8H,6-7H2,1-5H3/b9-8+. The third-order valence-electron chi connectivity index (χ3n) is 1.87. The molecule has 0 rings (SSSR count). The molecule has 0 aliphatic carbocycles. The second-order valence-corrected chi connectivity index (χ2v) is 3.99. The molecule has 0 spiro atoms. The minimum atomic E-state index is -1.11. The van der Waals surface area contributed by atoms with E-state index in [1.165, 1.54) is 0 Å². The van der Waals surface area contributed by atoms with Crippen molar-refractivity contribution in [2.24, 2.45) is 0 Å². The summed E-state index contributed by atoms with van der Waals surface area (Å²) < 4.78 is 21.1. The Hall–Kier alpha value is -0.363. The molecule has 0 aromatic heterocycles. The molecule has 0 atom stereocenters. The van der Waals surface area contributed by atoms with Gasteiger partial charge in [-0.3, -0.25) is 0 Å². The fourth-order valence-electron chi connectivity index (χ4n) is 1.07. The molecule has 88 valence electrons. The predicted molar refractivity (Wildman–Crippen MR) is 59.5 cm³/mol. The highest BCUT2D eigenvalue weighted by Crippen LogP contribution is 2.23. The summed E-state index contributed by atoms with van der Waals surface area (Å²) >= 11 is 0. The number of methoxy groups -OCH3 is 3. The van der Waals surface area contributed by atoms with Crippen molar-refractivity contribution in [3.8, 4) is 0 Å². The zero-order valence-corrected chi connectivity index (χ0v) is 11.1. The lowest BCUT2D eigenvalue weighted by Gasteiger charge is -2.30. The van der Waals surface area contributed by atoms with E-state index in [1.54, 1.807) is 27.6 Å². The summed E-state index contributed by atoms with van der Waals surface area (Å²) in [5.41, 5.74) is 0.749. The smallest absolute Gasteiger partial charge is 0.300 e. The fraction of sp³-hybridized carbons (Fsp3) is 0.800. The van der Waals surface area contributed by atoms with Crippen molar-refractivity contribution in [2.45, 2.75) is 32.3 Å². The van der Waals surface area contributed by atoms with Gasteiger partial charge in [0.05, 0.1) is 13.4 Å². The van der Waals surface area contributed by atoms with Crippen molar-refractivity contribution in [3.63, 3.8) is 0 Å². The Balaban J connectivity index is 4.49. The van der Waals surface area contributed by atoms with Gasteiger partial charge in [0.1, 0.15) is 0 Å². The Kier molecular flexibility index (Phi) is 7.68. The monoisotopic (exact) mass is 232 g/mol. The lowest BCUT2D eigenvalue weighted by atomic mass is 10.3. The van der Waals surface area contributed by atoms with Gasteiger partial charge in [-0.2, -0.15) is 0 Å². The molecule has 0 N–H and O–H groups in total. The molecule has 0 aromatic rings. The van der Waals surface area contributed by atoms with Crippen LogP contribution in [0.25, 0.3) is 0 Å². The zero-order valence-electron chi connectivity index (χ0n) is 10.1. The van der Waals surface area contributed by atoms with Crippen LogP contribution < -0.4 is 0 Å². The van der Waals surface area contributed by atoms with Gasteiger partial charge in [-0.1, -0.05) is 13.3 Å². The molecule has 2 radical (unpaired) electrons. The maximum absolute atomic E-state index is 5.62. The number of hydrogen-bond acceptors (Lipinski definition) is 4. The number of rotatable bonds is 8. The van der Waals surface area contributed by atoms with E-state index < -0.39 is 5.97 Å². The van der Waals surface area contributed by atoms with Gasteiger partial charge in [-0.25, -0.2) is 0 Å². The summed E-state index contributed by atoms with van der Waals surface area (Å²) in [6, 6.07) is 0.995.